The Morgan fingerprint density at radius 3 is 2.38 bits per heavy atom. The maximum absolute atomic E-state index is 11.2. The standard InChI is InChI=1S/C11H16O2/c1-7-6-10(8(2)12)9(3)13-11(7,4)5/h6H,1-5H3. The third-order valence-electron chi connectivity index (χ3n) is 2.48. The number of hydrogen-bond acceptors (Lipinski definition) is 2. The smallest absolute Gasteiger partial charge is 0.163 e. The fraction of sp³-hybridized carbons (Fsp3) is 0.545. The van der Waals surface area contributed by atoms with Gasteiger partial charge in [-0.3, -0.25) is 4.79 Å². The third-order valence-corrected chi connectivity index (χ3v) is 2.48. The molecule has 0 unspecified atom stereocenters. The molecule has 0 aromatic heterocycles. The van der Waals surface area contributed by atoms with E-state index in [0.717, 1.165) is 11.3 Å². The van der Waals surface area contributed by atoms with Crippen LogP contribution in [0.5, 0.6) is 0 Å². The number of carbonyl (C=O) groups excluding carboxylic acids is 1. The van der Waals surface area contributed by atoms with Gasteiger partial charge in [0, 0.05) is 0 Å². The molecule has 0 atom stereocenters. The Balaban J connectivity index is 3.11. The van der Waals surface area contributed by atoms with Crippen LogP contribution in [0.2, 0.25) is 0 Å². The number of rotatable bonds is 1. The van der Waals surface area contributed by atoms with Crippen molar-refractivity contribution in [3.63, 3.8) is 0 Å². The lowest BCUT2D eigenvalue weighted by Gasteiger charge is -2.32. The van der Waals surface area contributed by atoms with E-state index < -0.39 is 0 Å². The van der Waals surface area contributed by atoms with Crippen molar-refractivity contribution in [1.29, 1.82) is 0 Å². The van der Waals surface area contributed by atoms with Crippen LogP contribution >= 0.6 is 0 Å². The first-order chi connectivity index (χ1) is 5.84. The minimum absolute atomic E-state index is 0.0624. The van der Waals surface area contributed by atoms with Gasteiger partial charge in [-0.05, 0) is 46.3 Å². The van der Waals surface area contributed by atoms with Crippen LogP contribution in [0.1, 0.15) is 34.6 Å². The summed E-state index contributed by atoms with van der Waals surface area (Å²) in [5, 5.41) is 0. The quantitative estimate of drug-likeness (QED) is 0.620. The lowest BCUT2D eigenvalue weighted by atomic mass is 9.93. The third kappa shape index (κ3) is 1.82. The molecule has 0 aromatic carbocycles. The number of ether oxygens (including phenoxy) is 1. The molecule has 0 radical (unpaired) electrons. The predicted molar refractivity (Wildman–Crippen MR) is 52.3 cm³/mol. The predicted octanol–water partition coefficient (Wildman–Crippen LogP) is 2.60. The zero-order valence-electron chi connectivity index (χ0n) is 8.89. The molecule has 0 fully saturated rings. The van der Waals surface area contributed by atoms with E-state index in [-0.39, 0.29) is 11.4 Å². The number of allylic oxidation sites excluding steroid dienone is 3. The summed E-state index contributed by atoms with van der Waals surface area (Å²) >= 11 is 0. The molecule has 0 N–H and O–H groups in total. The Morgan fingerprint density at radius 1 is 1.38 bits per heavy atom. The molecule has 0 aliphatic carbocycles. The summed E-state index contributed by atoms with van der Waals surface area (Å²) in [7, 11) is 0. The van der Waals surface area contributed by atoms with E-state index in [2.05, 4.69) is 0 Å². The second-order valence-corrected chi connectivity index (χ2v) is 3.97. The summed E-state index contributed by atoms with van der Waals surface area (Å²) in [6.45, 7) is 9.37. The molecule has 0 bridgehead atoms. The maximum Gasteiger partial charge on any atom is 0.163 e. The number of carbonyl (C=O) groups is 1. The van der Waals surface area contributed by atoms with E-state index in [1.54, 1.807) is 6.92 Å². The summed E-state index contributed by atoms with van der Waals surface area (Å²) in [6, 6.07) is 0. The Morgan fingerprint density at radius 2 is 1.92 bits per heavy atom. The van der Waals surface area contributed by atoms with Crippen LogP contribution in [0.3, 0.4) is 0 Å². The molecule has 0 saturated heterocycles. The highest BCUT2D eigenvalue weighted by Gasteiger charge is 2.28. The van der Waals surface area contributed by atoms with E-state index in [0.29, 0.717) is 5.57 Å². The minimum Gasteiger partial charge on any atom is -0.487 e. The average molecular weight is 180 g/mol. The van der Waals surface area contributed by atoms with Crippen LogP contribution in [0.15, 0.2) is 23.0 Å². The van der Waals surface area contributed by atoms with Crippen molar-refractivity contribution in [2.45, 2.75) is 40.2 Å². The van der Waals surface area contributed by atoms with Gasteiger partial charge in [0.05, 0.1) is 5.57 Å². The van der Waals surface area contributed by atoms with E-state index in [1.165, 1.54) is 0 Å². The summed E-state index contributed by atoms with van der Waals surface area (Å²) < 4.78 is 5.65. The summed E-state index contributed by atoms with van der Waals surface area (Å²) in [4.78, 5) is 11.2. The molecule has 2 nitrogen and oxygen atoms in total. The van der Waals surface area contributed by atoms with Gasteiger partial charge in [0.1, 0.15) is 11.4 Å². The molecular weight excluding hydrogens is 164 g/mol. The van der Waals surface area contributed by atoms with Crippen molar-refractivity contribution in [2.75, 3.05) is 0 Å². The summed E-state index contributed by atoms with van der Waals surface area (Å²) in [5.41, 5.74) is 1.50. The fourth-order valence-electron chi connectivity index (χ4n) is 1.36. The highest BCUT2D eigenvalue weighted by molar-refractivity contribution is 5.96. The molecule has 1 rings (SSSR count). The van der Waals surface area contributed by atoms with E-state index >= 15 is 0 Å². The normalized spacial score (nSPS) is 20.8. The monoisotopic (exact) mass is 180 g/mol. The topological polar surface area (TPSA) is 26.3 Å². The molecule has 13 heavy (non-hydrogen) atoms. The summed E-state index contributed by atoms with van der Waals surface area (Å²) in [6.07, 6.45) is 1.92. The van der Waals surface area contributed by atoms with Gasteiger partial charge in [-0.25, -0.2) is 0 Å². The average Bonchev–Trinajstić information content (AvgIpc) is 1.95. The van der Waals surface area contributed by atoms with Gasteiger partial charge >= 0.3 is 0 Å². The molecule has 0 aromatic rings. The van der Waals surface area contributed by atoms with Crippen molar-refractivity contribution in [3.05, 3.63) is 23.0 Å². The van der Waals surface area contributed by atoms with Crippen LogP contribution in [0, 0.1) is 0 Å². The molecule has 1 aliphatic rings. The maximum atomic E-state index is 11.2. The molecule has 0 amide bonds. The van der Waals surface area contributed by atoms with Crippen molar-refractivity contribution >= 4 is 5.78 Å². The number of Topliss-reactive ketones (excluding diaryl/α,β-unsaturated/α-hetero) is 1. The van der Waals surface area contributed by atoms with Crippen LogP contribution in [-0.2, 0) is 9.53 Å². The van der Waals surface area contributed by atoms with Gasteiger partial charge < -0.3 is 4.74 Å². The largest absolute Gasteiger partial charge is 0.487 e. The number of ketones is 1. The number of hydrogen-bond donors (Lipinski definition) is 0. The second-order valence-electron chi connectivity index (χ2n) is 3.97. The first-order valence-corrected chi connectivity index (χ1v) is 4.44. The molecule has 1 aliphatic heterocycles. The lowest BCUT2D eigenvalue weighted by Crippen LogP contribution is -2.29. The Hall–Kier alpha value is -1.05. The summed E-state index contributed by atoms with van der Waals surface area (Å²) in [5.74, 6) is 0.787. The Bertz CT molecular complexity index is 306. The van der Waals surface area contributed by atoms with Crippen LogP contribution in [-0.4, -0.2) is 11.4 Å². The van der Waals surface area contributed by atoms with Crippen molar-refractivity contribution in [2.24, 2.45) is 0 Å². The molecule has 72 valence electrons. The molecule has 1 heterocycles. The Labute approximate surface area is 79.3 Å². The van der Waals surface area contributed by atoms with Gasteiger partial charge in [0.15, 0.2) is 5.78 Å². The second kappa shape index (κ2) is 3.02. The van der Waals surface area contributed by atoms with E-state index in [9.17, 15) is 4.79 Å². The zero-order valence-corrected chi connectivity index (χ0v) is 8.89. The van der Waals surface area contributed by atoms with Crippen LogP contribution in [0.25, 0.3) is 0 Å². The lowest BCUT2D eigenvalue weighted by molar-refractivity contribution is -0.113. The van der Waals surface area contributed by atoms with E-state index in [1.807, 2.05) is 33.8 Å². The molecule has 2 heteroatoms. The minimum atomic E-state index is -0.275. The van der Waals surface area contributed by atoms with Crippen LogP contribution in [0.4, 0.5) is 0 Å². The van der Waals surface area contributed by atoms with Gasteiger partial charge in [0.2, 0.25) is 0 Å². The van der Waals surface area contributed by atoms with Crippen LogP contribution < -0.4 is 0 Å². The highest BCUT2D eigenvalue weighted by Crippen LogP contribution is 2.31. The van der Waals surface area contributed by atoms with E-state index in [4.69, 9.17) is 4.74 Å². The van der Waals surface area contributed by atoms with Gasteiger partial charge in [0.25, 0.3) is 0 Å². The van der Waals surface area contributed by atoms with Crippen molar-refractivity contribution in [1.82, 2.24) is 0 Å². The van der Waals surface area contributed by atoms with Gasteiger partial charge in [-0.1, -0.05) is 0 Å². The first kappa shape index (κ1) is 10.0. The van der Waals surface area contributed by atoms with Gasteiger partial charge in [-0.2, -0.15) is 0 Å². The zero-order chi connectivity index (χ0) is 10.2. The Kier molecular flexibility index (Phi) is 2.33. The fourth-order valence-corrected chi connectivity index (χ4v) is 1.36. The van der Waals surface area contributed by atoms with Crippen molar-refractivity contribution < 1.29 is 9.53 Å². The first-order valence-electron chi connectivity index (χ1n) is 4.44. The van der Waals surface area contributed by atoms with Gasteiger partial charge in [-0.15, -0.1) is 0 Å². The molecular formula is C11H16O2. The van der Waals surface area contributed by atoms with Crippen molar-refractivity contribution in [3.8, 4) is 0 Å². The molecule has 0 spiro atoms. The highest BCUT2D eigenvalue weighted by atomic mass is 16.5. The SMILES string of the molecule is CC(=O)C1=C(C)OC(C)(C)C(C)=C1. The molecule has 0 saturated carbocycles.